The van der Waals surface area contributed by atoms with Crippen LogP contribution >= 0.6 is 0 Å². The molecule has 8 heteroatoms. The van der Waals surface area contributed by atoms with E-state index in [2.05, 4.69) is 161 Å². The zero-order chi connectivity index (χ0) is 40.0. The Morgan fingerprint density at radius 3 is 1.09 bits per heavy atom. The number of aromatic nitrogens is 4. The van der Waals surface area contributed by atoms with Gasteiger partial charge in [-0.3, -0.25) is 8.97 Å². The van der Waals surface area contributed by atoms with E-state index in [9.17, 15) is 0 Å². The van der Waals surface area contributed by atoms with Gasteiger partial charge in [0.05, 0.1) is 65.1 Å². The summed E-state index contributed by atoms with van der Waals surface area (Å²) in [7, 11) is 12.9. The molecule has 0 spiro atoms. The Morgan fingerprint density at radius 2 is 0.741 bits per heavy atom. The topological polar surface area (TPSA) is 75.8 Å². The summed E-state index contributed by atoms with van der Waals surface area (Å²) in [6.07, 6.45) is 8.28. The fourth-order valence-electron chi connectivity index (χ4n) is 7.25. The molecule has 0 saturated heterocycles. The van der Waals surface area contributed by atoms with Gasteiger partial charge >= 0.3 is 0 Å². The second-order valence-corrected chi connectivity index (χ2v) is 16.5. The van der Waals surface area contributed by atoms with Gasteiger partial charge in [-0.1, -0.05) is 24.3 Å². The molecule has 2 aliphatic rings. The first kappa shape index (κ1) is 36.6. The number of H-pyrrole nitrogens is 2. The maximum Gasteiger partial charge on any atom is 0.132 e. The van der Waals surface area contributed by atoms with Crippen LogP contribution in [0.1, 0.15) is 22.8 Å². The van der Waals surface area contributed by atoms with Crippen molar-refractivity contribution >= 4 is 57.7 Å². The molecule has 58 heavy (non-hydrogen) atoms. The highest BCUT2D eigenvalue weighted by Crippen LogP contribution is 2.35. The van der Waals surface area contributed by atoms with E-state index < -0.39 is 0 Å². The number of nitrogens with one attached hydrogen (secondary N) is 2. The first-order chi connectivity index (χ1) is 27.9. The highest BCUT2D eigenvalue weighted by atomic mass is 16.5. The van der Waals surface area contributed by atoms with Crippen LogP contribution in [-0.2, 0) is 0 Å². The molecule has 5 heterocycles. The Morgan fingerprint density at radius 1 is 0.397 bits per heavy atom. The summed E-state index contributed by atoms with van der Waals surface area (Å²) in [5, 5.41) is 0. The third kappa shape index (κ3) is 7.71. The molecular formula is C50H46N6O2+2. The van der Waals surface area contributed by atoms with Gasteiger partial charge in [0.2, 0.25) is 0 Å². The van der Waals surface area contributed by atoms with Crippen molar-refractivity contribution in [3.05, 3.63) is 156 Å². The minimum absolute atomic E-state index is 0.747. The molecular weight excluding hydrogens is 717 g/mol. The Bertz CT molecular complexity index is 2670. The summed E-state index contributed by atoms with van der Waals surface area (Å²) in [6, 6.07) is 45.4. The molecule has 0 fully saturated rings. The van der Waals surface area contributed by atoms with E-state index in [4.69, 9.17) is 19.4 Å². The average Bonchev–Trinajstić information content (AvgIpc) is 4.04. The number of aromatic amines is 2. The van der Waals surface area contributed by atoms with E-state index in [0.29, 0.717) is 0 Å². The highest BCUT2D eigenvalue weighted by molar-refractivity contribution is 5.93. The second-order valence-electron chi connectivity index (χ2n) is 16.5. The van der Waals surface area contributed by atoms with Gasteiger partial charge in [0.25, 0.3) is 0 Å². The van der Waals surface area contributed by atoms with E-state index in [1.807, 2.05) is 48.5 Å². The molecule has 3 aromatic heterocycles. The van der Waals surface area contributed by atoms with Crippen LogP contribution in [-0.4, -0.2) is 62.2 Å². The van der Waals surface area contributed by atoms with Crippen molar-refractivity contribution in [3.8, 4) is 45.3 Å². The maximum absolute atomic E-state index is 6.24. The van der Waals surface area contributed by atoms with Gasteiger partial charge in [0, 0.05) is 57.5 Å². The smallest absolute Gasteiger partial charge is 0.132 e. The van der Waals surface area contributed by atoms with Crippen molar-refractivity contribution in [2.45, 2.75) is 0 Å². The number of quaternary nitrogens is 2. The predicted octanol–water partition coefficient (Wildman–Crippen LogP) is 12.0. The Balaban J connectivity index is 1.08. The van der Waals surface area contributed by atoms with Crippen LogP contribution < -0.4 is 18.4 Å². The summed E-state index contributed by atoms with van der Waals surface area (Å²) >= 11 is 0. The van der Waals surface area contributed by atoms with E-state index >= 15 is 0 Å². The average molecular weight is 763 g/mol. The summed E-state index contributed by atoms with van der Waals surface area (Å²) in [4.78, 5) is 17.5. The van der Waals surface area contributed by atoms with Crippen molar-refractivity contribution in [1.29, 1.82) is 0 Å². The number of benzene rings is 4. The Hall–Kier alpha value is -7.00. The number of fused-ring (bicyclic) bond motifs is 8. The second kappa shape index (κ2) is 14.5. The number of hydrogen-bond donors (Lipinski definition) is 2. The lowest BCUT2D eigenvalue weighted by Gasteiger charge is -2.23. The molecule has 0 unspecified atom stereocenters. The first-order valence-electron chi connectivity index (χ1n) is 19.4. The van der Waals surface area contributed by atoms with Gasteiger partial charge in [0.1, 0.15) is 34.4 Å². The molecule has 4 aromatic carbocycles. The molecule has 0 atom stereocenters. The van der Waals surface area contributed by atoms with Crippen molar-refractivity contribution < 1.29 is 9.47 Å². The van der Waals surface area contributed by atoms with Gasteiger partial charge in [0.15, 0.2) is 0 Å². The SMILES string of the molecule is C[N+](C)(C)c1ccc(Oc2ccc(-c3c4nc(cc5ccc([nH]5)c(-c5ccc(Oc6ccc([N+](C)(C)C)cc6)cc5)c5nc(cc6ccc3[nH]6)C=C5)C=C4)cc2)cc1. The lowest BCUT2D eigenvalue weighted by molar-refractivity contribution is 0.473. The highest BCUT2D eigenvalue weighted by Gasteiger charge is 2.16. The standard InChI is InChI=1S/C50H46N6O2/c1-55(2,3)39-15-23-43(24-16-39)57-41-19-7-33(8-20-41)49-45-27-11-35(51-45)31-37-13-29-47(53-37)50(48-30-14-38(54-48)32-36-12-28-46(49)52-36)34-9-21-42(22-10-34)58-44-25-17-40(18-26-44)56(4,5)6/h7-32,51,54H,1-6H3/q+2. The van der Waals surface area contributed by atoms with Crippen LogP contribution in [0.2, 0.25) is 0 Å². The predicted molar refractivity (Wildman–Crippen MR) is 242 cm³/mol. The van der Waals surface area contributed by atoms with E-state index in [1.165, 1.54) is 11.4 Å². The molecule has 9 rings (SSSR count). The normalized spacial score (nSPS) is 12.5. The van der Waals surface area contributed by atoms with Gasteiger partial charge < -0.3 is 19.4 Å². The van der Waals surface area contributed by atoms with Crippen LogP contribution in [0.5, 0.6) is 23.0 Å². The van der Waals surface area contributed by atoms with Crippen molar-refractivity contribution in [2.24, 2.45) is 0 Å². The lowest BCUT2D eigenvalue weighted by Crippen LogP contribution is -2.34. The summed E-state index contributed by atoms with van der Waals surface area (Å²) in [5.41, 5.74) is 13.7. The molecule has 0 saturated carbocycles. The van der Waals surface area contributed by atoms with Crippen LogP contribution in [0.3, 0.4) is 0 Å². The van der Waals surface area contributed by atoms with E-state index in [1.54, 1.807) is 0 Å². The molecule has 0 radical (unpaired) electrons. The van der Waals surface area contributed by atoms with Crippen LogP contribution in [0, 0.1) is 0 Å². The maximum atomic E-state index is 6.24. The zero-order valence-electron chi connectivity index (χ0n) is 33.6. The number of ether oxygens (including phenoxy) is 2. The number of rotatable bonds is 8. The fourth-order valence-corrected chi connectivity index (χ4v) is 7.25. The van der Waals surface area contributed by atoms with Gasteiger partial charge in [-0.05, 0) is 120 Å². The molecule has 8 nitrogen and oxygen atoms in total. The van der Waals surface area contributed by atoms with Crippen LogP contribution in [0.4, 0.5) is 11.4 Å². The van der Waals surface area contributed by atoms with Crippen molar-refractivity contribution in [1.82, 2.24) is 28.9 Å². The van der Waals surface area contributed by atoms with E-state index in [-0.39, 0.29) is 0 Å². The summed E-state index contributed by atoms with van der Waals surface area (Å²) in [6.45, 7) is 0. The minimum Gasteiger partial charge on any atom is -0.457 e. The van der Waals surface area contributed by atoms with Gasteiger partial charge in [-0.2, -0.15) is 0 Å². The van der Waals surface area contributed by atoms with Crippen LogP contribution in [0.15, 0.2) is 133 Å². The fraction of sp³-hybridized carbons (Fsp3) is 0.120. The first-order valence-corrected chi connectivity index (χ1v) is 19.4. The van der Waals surface area contributed by atoms with Crippen molar-refractivity contribution in [3.63, 3.8) is 0 Å². The largest absolute Gasteiger partial charge is 0.457 e. The van der Waals surface area contributed by atoms with Crippen LogP contribution in [0.25, 0.3) is 68.6 Å². The van der Waals surface area contributed by atoms with E-state index in [0.717, 1.165) is 99.1 Å². The third-order valence-electron chi connectivity index (χ3n) is 10.4. The third-order valence-corrected chi connectivity index (χ3v) is 10.4. The lowest BCUT2D eigenvalue weighted by atomic mass is 10.0. The molecule has 0 amide bonds. The molecule has 0 aliphatic carbocycles. The molecule has 2 N–H and O–H groups in total. The molecule has 7 aromatic rings. The minimum atomic E-state index is 0.747. The molecule has 2 aliphatic heterocycles. The quantitative estimate of drug-likeness (QED) is 0.151. The number of nitrogens with zero attached hydrogens (tertiary/aromatic N) is 4. The molecule has 286 valence electrons. The van der Waals surface area contributed by atoms with Gasteiger partial charge in [-0.15, -0.1) is 0 Å². The Labute approximate surface area is 338 Å². The zero-order valence-corrected chi connectivity index (χ0v) is 33.6. The monoisotopic (exact) mass is 762 g/mol. The van der Waals surface area contributed by atoms with Crippen molar-refractivity contribution in [2.75, 3.05) is 42.3 Å². The summed E-state index contributed by atoms with van der Waals surface area (Å²) in [5.74, 6) is 3.13. The number of hydrogen-bond acceptors (Lipinski definition) is 4. The Kier molecular flexibility index (Phi) is 9.15. The summed E-state index contributed by atoms with van der Waals surface area (Å²) < 4.78 is 14.0. The molecule has 8 bridgehead atoms. The van der Waals surface area contributed by atoms with Gasteiger partial charge in [-0.25, -0.2) is 9.97 Å².